The smallest absolute Gasteiger partial charge is 0.250 e. The molecule has 1 unspecified atom stereocenters. The number of halogens is 2. The van der Waals surface area contributed by atoms with Gasteiger partial charge in [-0.2, -0.15) is 0 Å². The summed E-state index contributed by atoms with van der Waals surface area (Å²) in [4.78, 5) is 26.1. The summed E-state index contributed by atoms with van der Waals surface area (Å²) in [7, 11) is 0. The predicted octanol–water partition coefficient (Wildman–Crippen LogP) is 3.85. The summed E-state index contributed by atoms with van der Waals surface area (Å²) >= 11 is 0. The molecule has 3 atom stereocenters. The number of aliphatic hydroxyl groups excluding tert-OH is 2. The first-order valence-electron chi connectivity index (χ1n) is 13.6. The Morgan fingerprint density at radius 3 is 2.35 bits per heavy atom. The van der Waals surface area contributed by atoms with Gasteiger partial charge in [0.1, 0.15) is 17.4 Å². The van der Waals surface area contributed by atoms with E-state index in [1.54, 1.807) is 0 Å². The molecule has 1 aliphatic carbocycles. The van der Waals surface area contributed by atoms with Crippen LogP contribution in [-0.2, 0) is 29.0 Å². The van der Waals surface area contributed by atoms with Gasteiger partial charge in [-0.25, -0.2) is 8.78 Å². The van der Waals surface area contributed by atoms with E-state index in [1.165, 1.54) is 17.7 Å². The number of carbonyl (C=O) groups is 2. The second kappa shape index (κ2) is 13.7. The van der Waals surface area contributed by atoms with E-state index >= 15 is 0 Å². The van der Waals surface area contributed by atoms with E-state index in [4.69, 9.17) is 5.73 Å². The van der Waals surface area contributed by atoms with Gasteiger partial charge in [-0.1, -0.05) is 51.1 Å². The number of aliphatic hydroxyl groups is 2. The van der Waals surface area contributed by atoms with Crippen molar-refractivity contribution in [2.75, 3.05) is 13.1 Å². The highest BCUT2D eigenvalue weighted by atomic mass is 19.1. The third kappa shape index (κ3) is 7.76. The van der Waals surface area contributed by atoms with Crippen LogP contribution in [0.1, 0.15) is 43.9 Å². The molecule has 0 aromatic heterocycles. The number of carbonyl (C=O) groups excluding carboxylic acids is 2. The standard InChI is InChI=1S/C31H39F2N3O4/c1-4-20-6-5-7-21(10-20)17-35-18-28(38)26(13-22-11-23(32)14-24(33)12-22)31(30(34)40)9-8-27(37)25(15-31)29(39)36-16-19(2)3/h5-12,14,19,26,28,35,37-38H,4,13,15-18H2,1-3H3,(H2,34,40)(H,36,39)/t26-,28+,31?/m1/s1. The minimum atomic E-state index is -1.62. The van der Waals surface area contributed by atoms with Crippen LogP contribution in [0.4, 0.5) is 8.78 Å². The van der Waals surface area contributed by atoms with Crippen molar-refractivity contribution in [3.8, 4) is 0 Å². The van der Waals surface area contributed by atoms with Gasteiger partial charge >= 0.3 is 0 Å². The second-order valence-corrected chi connectivity index (χ2v) is 10.8. The molecule has 0 fully saturated rings. The molecule has 0 saturated heterocycles. The molecule has 0 aliphatic heterocycles. The summed E-state index contributed by atoms with van der Waals surface area (Å²) in [6, 6.07) is 11.0. The van der Waals surface area contributed by atoms with E-state index in [1.807, 2.05) is 32.0 Å². The van der Waals surface area contributed by atoms with E-state index in [-0.39, 0.29) is 42.2 Å². The zero-order valence-electron chi connectivity index (χ0n) is 23.2. The first kappa shape index (κ1) is 31.0. The molecular formula is C31H39F2N3O4. The van der Waals surface area contributed by atoms with Crippen molar-refractivity contribution >= 4 is 11.8 Å². The number of benzene rings is 2. The average molecular weight is 556 g/mol. The molecule has 1 aliphatic rings. The van der Waals surface area contributed by atoms with Gasteiger partial charge in [0, 0.05) is 31.6 Å². The Morgan fingerprint density at radius 2 is 1.73 bits per heavy atom. The Kier molecular flexibility index (Phi) is 10.6. The number of primary amides is 1. The van der Waals surface area contributed by atoms with Gasteiger partial charge in [-0.3, -0.25) is 9.59 Å². The van der Waals surface area contributed by atoms with Crippen LogP contribution in [0.2, 0.25) is 0 Å². The third-order valence-electron chi connectivity index (χ3n) is 7.31. The van der Waals surface area contributed by atoms with Gasteiger partial charge in [0.25, 0.3) is 5.91 Å². The third-order valence-corrected chi connectivity index (χ3v) is 7.31. The van der Waals surface area contributed by atoms with Gasteiger partial charge in [-0.05, 0) is 60.1 Å². The second-order valence-electron chi connectivity index (χ2n) is 10.8. The highest BCUT2D eigenvalue weighted by Crippen LogP contribution is 2.43. The molecule has 3 rings (SSSR count). The summed E-state index contributed by atoms with van der Waals surface area (Å²) < 4.78 is 28.2. The molecule has 216 valence electrons. The predicted molar refractivity (Wildman–Crippen MR) is 150 cm³/mol. The lowest BCUT2D eigenvalue weighted by atomic mass is 9.64. The fraction of sp³-hybridized carbons (Fsp3) is 0.419. The maximum Gasteiger partial charge on any atom is 0.250 e. The monoisotopic (exact) mass is 555 g/mol. The maximum atomic E-state index is 14.1. The van der Waals surface area contributed by atoms with Crippen LogP contribution in [0.3, 0.4) is 0 Å². The van der Waals surface area contributed by atoms with Crippen molar-refractivity contribution in [1.29, 1.82) is 0 Å². The van der Waals surface area contributed by atoms with Gasteiger partial charge < -0.3 is 26.6 Å². The molecule has 0 spiro atoms. The molecular weight excluding hydrogens is 516 g/mol. The fourth-order valence-electron chi connectivity index (χ4n) is 5.09. The van der Waals surface area contributed by atoms with Crippen LogP contribution >= 0.6 is 0 Å². The molecule has 40 heavy (non-hydrogen) atoms. The van der Waals surface area contributed by atoms with Gasteiger partial charge in [0.2, 0.25) is 5.91 Å². The largest absolute Gasteiger partial charge is 0.507 e. The van der Waals surface area contributed by atoms with Crippen LogP contribution < -0.4 is 16.4 Å². The average Bonchev–Trinajstić information content (AvgIpc) is 2.90. The van der Waals surface area contributed by atoms with Crippen LogP contribution in [0.5, 0.6) is 0 Å². The lowest BCUT2D eigenvalue weighted by Gasteiger charge is -2.41. The fourth-order valence-corrected chi connectivity index (χ4v) is 5.09. The van der Waals surface area contributed by atoms with E-state index in [0.717, 1.165) is 30.2 Å². The minimum Gasteiger partial charge on any atom is -0.507 e. The van der Waals surface area contributed by atoms with Crippen molar-refractivity contribution in [2.24, 2.45) is 23.0 Å². The van der Waals surface area contributed by atoms with Crippen LogP contribution in [0.25, 0.3) is 0 Å². The molecule has 0 heterocycles. The number of nitrogens with two attached hydrogens (primary N) is 1. The van der Waals surface area contributed by atoms with Crippen molar-refractivity contribution in [3.05, 3.63) is 94.3 Å². The Morgan fingerprint density at radius 1 is 1.05 bits per heavy atom. The van der Waals surface area contributed by atoms with Gasteiger partial charge in [-0.15, -0.1) is 0 Å². The Bertz CT molecular complexity index is 1260. The number of amides is 2. The normalized spacial score (nSPS) is 18.6. The summed E-state index contributed by atoms with van der Waals surface area (Å²) in [5.74, 6) is -4.13. The molecule has 0 bridgehead atoms. The lowest BCUT2D eigenvalue weighted by molar-refractivity contribution is -0.131. The molecule has 2 aromatic rings. The zero-order chi connectivity index (χ0) is 29.4. The highest BCUT2D eigenvalue weighted by molar-refractivity contribution is 5.97. The number of rotatable bonds is 13. The first-order valence-corrected chi connectivity index (χ1v) is 13.6. The van der Waals surface area contributed by atoms with Crippen LogP contribution in [0, 0.1) is 28.9 Å². The molecule has 9 heteroatoms. The number of aryl methyl sites for hydroxylation is 1. The molecule has 2 amide bonds. The summed E-state index contributed by atoms with van der Waals surface area (Å²) in [5, 5.41) is 27.9. The quantitative estimate of drug-likeness (QED) is 0.257. The van der Waals surface area contributed by atoms with Gasteiger partial charge in [0.05, 0.1) is 17.1 Å². The summed E-state index contributed by atoms with van der Waals surface area (Å²) in [6.07, 6.45) is 1.89. The van der Waals surface area contributed by atoms with Crippen LogP contribution in [-0.4, -0.2) is 41.2 Å². The topological polar surface area (TPSA) is 125 Å². The van der Waals surface area contributed by atoms with Gasteiger partial charge in [0.15, 0.2) is 0 Å². The van der Waals surface area contributed by atoms with Crippen molar-refractivity contribution in [2.45, 2.75) is 52.7 Å². The Labute approximate surface area is 234 Å². The highest BCUT2D eigenvalue weighted by Gasteiger charge is 2.48. The Balaban J connectivity index is 1.93. The minimum absolute atomic E-state index is 0.0340. The molecule has 0 radical (unpaired) electrons. The van der Waals surface area contributed by atoms with Crippen molar-refractivity contribution in [3.63, 3.8) is 0 Å². The van der Waals surface area contributed by atoms with Crippen molar-refractivity contribution < 1.29 is 28.6 Å². The summed E-state index contributed by atoms with van der Waals surface area (Å²) in [5.41, 5.74) is 6.66. The Hall–Kier alpha value is -3.56. The SMILES string of the molecule is CCc1cccc(CNC[C@H](O)[C@@H](Cc2cc(F)cc(F)c2)C2(C(N)=O)C=CC(O)=C(C(=O)NCC(C)C)C2)c1. The lowest BCUT2D eigenvalue weighted by Crippen LogP contribution is -2.51. The number of allylic oxidation sites excluding steroid dienone is 1. The molecule has 7 nitrogen and oxygen atoms in total. The van der Waals surface area contributed by atoms with Crippen LogP contribution in [0.15, 0.2) is 65.9 Å². The zero-order valence-corrected chi connectivity index (χ0v) is 23.2. The first-order chi connectivity index (χ1) is 18.9. The summed E-state index contributed by atoms with van der Waals surface area (Å²) in [6.45, 7) is 6.71. The number of hydrogen-bond donors (Lipinski definition) is 5. The van der Waals surface area contributed by atoms with E-state index in [0.29, 0.717) is 13.1 Å². The molecule has 6 N–H and O–H groups in total. The van der Waals surface area contributed by atoms with E-state index in [9.17, 15) is 28.6 Å². The molecule has 2 aromatic carbocycles. The van der Waals surface area contributed by atoms with E-state index < -0.39 is 40.9 Å². The van der Waals surface area contributed by atoms with E-state index in [2.05, 4.69) is 23.6 Å². The molecule has 0 saturated carbocycles. The van der Waals surface area contributed by atoms with Crippen molar-refractivity contribution in [1.82, 2.24) is 10.6 Å². The number of hydrogen-bond acceptors (Lipinski definition) is 5. The maximum absolute atomic E-state index is 14.1. The number of nitrogens with one attached hydrogen (secondary N) is 2.